The van der Waals surface area contributed by atoms with E-state index >= 15 is 0 Å². The molecule has 2 aliphatic heterocycles. The van der Waals surface area contributed by atoms with Gasteiger partial charge in [0.2, 0.25) is 5.91 Å². The van der Waals surface area contributed by atoms with Gasteiger partial charge < -0.3 is 65.1 Å². The van der Waals surface area contributed by atoms with Gasteiger partial charge in [0.05, 0.1) is 32.0 Å². The van der Waals surface area contributed by atoms with Crippen molar-refractivity contribution in [3.8, 4) is 0 Å². The molecule has 2 aliphatic rings. The van der Waals surface area contributed by atoms with E-state index in [-0.39, 0.29) is 12.5 Å². The summed E-state index contributed by atoms with van der Waals surface area (Å²) in [6, 6.07) is -0.816. The Morgan fingerprint density at radius 2 is 1.06 bits per heavy atom. The lowest BCUT2D eigenvalue weighted by Crippen LogP contribution is -2.65. The van der Waals surface area contributed by atoms with Crippen LogP contribution in [0.4, 0.5) is 0 Å². The van der Waals surface area contributed by atoms with Crippen LogP contribution in [0, 0.1) is 0 Å². The van der Waals surface area contributed by atoms with Gasteiger partial charge in [-0.3, -0.25) is 4.79 Å². The zero-order valence-corrected chi connectivity index (χ0v) is 33.2. The number of carbonyl (C=O) groups is 1. The number of aliphatic hydroxyl groups is 8. The molecule has 320 valence electrons. The van der Waals surface area contributed by atoms with E-state index in [9.17, 15) is 45.6 Å². The molecule has 0 radical (unpaired) electrons. The molecule has 0 aromatic heterocycles. The minimum Gasteiger partial charge on any atom is -0.394 e. The van der Waals surface area contributed by atoms with Crippen molar-refractivity contribution in [2.75, 3.05) is 19.8 Å². The Hall–Kier alpha value is -1.01. The third-order valence-corrected chi connectivity index (χ3v) is 10.8. The first-order valence-electron chi connectivity index (χ1n) is 21.3. The van der Waals surface area contributed by atoms with E-state index in [0.717, 1.165) is 44.9 Å². The average molecular weight is 780 g/mol. The van der Waals surface area contributed by atoms with E-state index in [0.29, 0.717) is 12.8 Å². The van der Waals surface area contributed by atoms with Gasteiger partial charge in [0, 0.05) is 6.42 Å². The quantitative estimate of drug-likeness (QED) is 0.0462. The predicted molar refractivity (Wildman–Crippen MR) is 203 cm³/mol. The zero-order valence-electron chi connectivity index (χ0n) is 33.2. The number of nitrogens with one attached hydrogen (secondary N) is 1. The third-order valence-electron chi connectivity index (χ3n) is 10.8. The average Bonchev–Trinajstić information content (AvgIpc) is 3.16. The second-order valence-electron chi connectivity index (χ2n) is 15.5. The van der Waals surface area contributed by atoms with E-state index in [1.54, 1.807) is 0 Å². The molecular formula is C40H77NO13. The van der Waals surface area contributed by atoms with Crippen molar-refractivity contribution < 1.29 is 64.6 Å². The molecule has 0 aromatic rings. The first kappa shape index (κ1) is 49.1. The summed E-state index contributed by atoms with van der Waals surface area (Å²) in [6.07, 6.45) is 7.96. The van der Waals surface area contributed by atoms with Crippen LogP contribution in [-0.4, -0.2) is 140 Å². The van der Waals surface area contributed by atoms with E-state index in [1.807, 2.05) is 6.92 Å². The van der Waals surface area contributed by atoms with E-state index in [2.05, 4.69) is 12.2 Å². The van der Waals surface area contributed by atoms with Crippen LogP contribution in [-0.2, 0) is 23.7 Å². The first-order valence-corrected chi connectivity index (χ1v) is 21.3. The van der Waals surface area contributed by atoms with Gasteiger partial charge in [0.1, 0.15) is 48.8 Å². The highest BCUT2D eigenvalue weighted by atomic mass is 16.7. The van der Waals surface area contributed by atoms with Gasteiger partial charge >= 0.3 is 0 Å². The van der Waals surface area contributed by atoms with Crippen LogP contribution >= 0.6 is 0 Å². The first-order chi connectivity index (χ1) is 26.1. The van der Waals surface area contributed by atoms with Gasteiger partial charge in [-0.1, -0.05) is 136 Å². The minimum absolute atomic E-state index is 0.217. The lowest BCUT2D eigenvalue weighted by atomic mass is 9.97. The summed E-state index contributed by atoms with van der Waals surface area (Å²) in [7, 11) is 0. The van der Waals surface area contributed by atoms with Crippen LogP contribution in [0.15, 0.2) is 0 Å². The van der Waals surface area contributed by atoms with Crippen molar-refractivity contribution in [3.63, 3.8) is 0 Å². The number of carbonyl (C=O) groups excluding carboxylic acids is 1. The molecule has 14 nitrogen and oxygen atoms in total. The summed E-state index contributed by atoms with van der Waals surface area (Å²) in [5, 5.41) is 85.7. The van der Waals surface area contributed by atoms with Gasteiger partial charge in [-0.2, -0.15) is 0 Å². The second-order valence-corrected chi connectivity index (χ2v) is 15.5. The lowest BCUT2D eigenvalue weighted by Gasteiger charge is -2.46. The number of amides is 1. The van der Waals surface area contributed by atoms with Crippen LogP contribution < -0.4 is 5.32 Å². The Balaban J connectivity index is 1.75. The molecular weight excluding hydrogens is 702 g/mol. The molecule has 1 amide bonds. The fourth-order valence-corrected chi connectivity index (χ4v) is 7.23. The van der Waals surface area contributed by atoms with Crippen LogP contribution in [0.25, 0.3) is 0 Å². The van der Waals surface area contributed by atoms with Crippen molar-refractivity contribution in [1.29, 1.82) is 0 Å². The predicted octanol–water partition coefficient (Wildman–Crippen LogP) is 3.09. The molecule has 2 fully saturated rings. The van der Waals surface area contributed by atoms with Crippen LogP contribution in [0.5, 0.6) is 0 Å². The minimum atomic E-state index is -1.77. The Morgan fingerprint density at radius 3 is 1.57 bits per heavy atom. The second kappa shape index (κ2) is 29.2. The van der Waals surface area contributed by atoms with Crippen molar-refractivity contribution in [3.05, 3.63) is 0 Å². The maximum absolute atomic E-state index is 12.9. The Labute approximate surface area is 323 Å². The highest BCUT2D eigenvalue weighted by Gasteiger charge is 2.50. The number of hydrogen-bond acceptors (Lipinski definition) is 13. The van der Waals surface area contributed by atoms with Crippen molar-refractivity contribution in [2.45, 2.75) is 229 Å². The molecule has 0 saturated carbocycles. The van der Waals surface area contributed by atoms with E-state index in [1.165, 1.54) is 83.5 Å². The van der Waals surface area contributed by atoms with Crippen molar-refractivity contribution in [2.24, 2.45) is 0 Å². The molecule has 12 unspecified atom stereocenters. The van der Waals surface area contributed by atoms with Crippen molar-refractivity contribution in [1.82, 2.24) is 5.32 Å². The van der Waals surface area contributed by atoms with Crippen LogP contribution in [0.3, 0.4) is 0 Å². The number of hydrogen-bond donors (Lipinski definition) is 9. The molecule has 0 bridgehead atoms. The fraction of sp³-hybridized carbons (Fsp3) is 0.975. The molecule has 2 heterocycles. The normalized spacial score (nSPS) is 30.0. The van der Waals surface area contributed by atoms with Gasteiger partial charge in [-0.25, -0.2) is 0 Å². The van der Waals surface area contributed by atoms with Gasteiger partial charge in [0.15, 0.2) is 12.6 Å². The number of unbranched alkanes of at least 4 members (excludes halogenated alkanes) is 18. The third kappa shape index (κ3) is 18.1. The SMILES string of the molecule is CCCCCCCCCCCCCCCCCCCC(=O)NC(COC1OC(CO)C(OC2OC(CO)C(O)C(O)C2O)C(O)C1O)C(O)CCCCC. The monoisotopic (exact) mass is 780 g/mol. The molecule has 2 saturated heterocycles. The summed E-state index contributed by atoms with van der Waals surface area (Å²) >= 11 is 0. The van der Waals surface area contributed by atoms with Crippen LogP contribution in [0.2, 0.25) is 0 Å². The zero-order chi connectivity index (χ0) is 39.7. The molecule has 9 N–H and O–H groups in total. The van der Waals surface area contributed by atoms with Gasteiger partial charge in [0.25, 0.3) is 0 Å². The molecule has 0 spiro atoms. The Kier molecular flexibility index (Phi) is 26.6. The summed E-state index contributed by atoms with van der Waals surface area (Å²) in [5.41, 5.74) is 0. The lowest BCUT2D eigenvalue weighted by molar-refractivity contribution is -0.359. The summed E-state index contributed by atoms with van der Waals surface area (Å²) in [6.45, 7) is 2.66. The largest absolute Gasteiger partial charge is 0.394 e. The number of rotatable bonds is 31. The Bertz CT molecular complexity index is 930. The van der Waals surface area contributed by atoms with E-state index in [4.69, 9.17) is 18.9 Å². The molecule has 14 heteroatoms. The van der Waals surface area contributed by atoms with Crippen LogP contribution in [0.1, 0.15) is 155 Å². The summed E-state index contributed by atoms with van der Waals surface area (Å²) < 4.78 is 22.5. The molecule has 0 aromatic carbocycles. The van der Waals surface area contributed by atoms with E-state index < -0.39 is 86.8 Å². The molecule has 12 atom stereocenters. The van der Waals surface area contributed by atoms with Crippen molar-refractivity contribution >= 4 is 5.91 Å². The molecule has 54 heavy (non-hydrogen) atoms. The van der Waals surface area contributed by atoms with Gasteiger partial charge in [-0.15, -0.1) is 0 Å². The number of aliphatic hydroxyl groups excluding tert-OH is 8. The summed E-state index contributed by atoms with van der Waals surface area (Å²) in [5.74, 6) is -0.217. The molecule has 2 rings (SSSR count). The highest BCUT2D eigenvalue weighted by molar-refractivity contribution is 5.76. The molecule has 0 aliphatic carbocycles. The fourth-order valence-electron chi connectivity index (χ4n) is 7.23. The highest BCUT2D eigenvalue weighted by Crippen LogP contribution is 2.30. The van der Waals surface area contributed by atoms with Gasteiger partial charge in [-0.05, 0) is 12.8 Å². The maximum atomic E-state index is 12.9. The topological polar surface area (TPSA) is 228 Å². The smallest absolute Gasteiger partial charge is 0.220 e. The Morgan fingerprint density at radius 1 is 0.593 bits per heavy atom. The standard InChI is InChI=1S/C40H77NO13/c1-3-5-7-8-9-10-11-12-13-14-15-16-17-18-19-20-22-24-32(45)41-28(29(44)23-21-6-4-2)27-51-39-37(50)35(48)38(31(26-43)53-39)54-40-36(49)34(47)33(46)30(25-42)52-40/h28-31,33-40,42-44,46-50H,3-27H2,1-2H3,(H,41,45). The summed E-state index contributed by atoms with van der Waals surface area (Å²) in [4.78, 5) is 12.9. The maximum Gasteiger partial charge on any atom is 0.220 e. The number of ether oxygens (including phenoxy) is 4.